The second-order valence-electron chi connectivity index (χ2n) is 6.30. The van der Waals surface area contributed by atoms with E-state index in [1.165, 1.54) is 15.9 Å². The van der Waals surface area contributed by atoms with Gasteiger partial charge in [0.05, 0.1) is 15.9 Å². The van der Waals surface area contributed by atoms with Crippen LogP contribution in [0, 0.1) is 3.95 Å². The molecule has 1 amide bonds. The number of rotatable bonds is 2. The Morgan fingerprint density at radius 3 is 2.83 bits per heavy atom. The molecule has 0 unspecified atom stereocenters. The number of amides is 1. The van der Waals surface area contributed by atoms with E-state index in [4.69, 9.17) is 33.3 Å². The Morgan fingerprint density at radius 1 is 1.24 bits per heavy atom. The van der Waals surface area contributed by atoms with Crippen LogP contribution in [0.15, 0.2) is 47.0 Å². The van der Waals surface area contributed by atoms with Crippen molar-refractivity contribution in [3.8, 4) is 23.1 Å². The third-order valence-electron chi connectivity index (χ3n) is 4.47. The monoisotopic (exact) mass is 442 g/mol. The topological polar surface area (TPSA) is 73.1 Å². The highest BCUT2D eigenvalue weighted by molar-refractivity contribution is 7.73. The van der Waals surface area contributed by atoms with Crippen molar-refractivity contribution in [1.82, 2.24) is 4.57 Å². The van der Waals surface area contributed by atoms with Crippen LogP contribution in [0.5, 0.6) is 17.4 Å². The lowest BCUT2D eigenvalue weighted by atomic mass is 10.1. The molecule has 2 aromatic carbocycles. The van der Waals surface area contributed by atoms with Gasteiger partial charge in [-0.2, -0.15) is 0 Å². The number of aromatic nitrogens is 1. The van der Waals surface area contributed by atoms with Crippen LogP contribution in [0.2, 0.25) is 5.02 Å². The van der Waals surface area contributed by atoms with E-state index in [1.807, 2.05) is 0 Å². The number of aromatic hydroxyl groups is 1. The van der Waals surface area contributed by atoms with Gasteiger partial charge >= 0.3 is 0 Å². The molecular formula is C20H11ClN2O4S2. The van der Waals surface area contributed by atoms with Gasteiger partial charge in [-0.3, -0.25) is 9.36 Å². The van der Waals surface area contributed by atoms with Gasteiger partial charge in [-0.15, -0.1) is 11.3 Å². The largest absolute Gasteiger partial charge is 0.493 e. The van der Waals surface area contributed by atoms with Gasteiger partial charge < -0.3 is 14.6 Å². The van der Waals surface area contributed by atoms with E-state index in [9.17, 15) is 9.90 Å². The number of nitrogens with zero attached hydrogens (tertiary/aromatic N) is 2. The van der Waals surface area contributed by atoms with Gasteiger partial charge in [0.2, 0.25) is 12.7 Å². The summed E-state index contributed by atoms with van der Waals surface area (Å²) >= 11 is 12.6. The van der Waals surface area contributed by atoms with Gasteiger partial charge in [0.15, 0.2) is 15.5 Å². The van der Waals surface area contributed by atoms with Crippen molar-refractivity contribution in [3.63, 3.8) is 0 Å². The number of ether oxygens (including phenoxy) is 2. The normalized spacial score (nSPS) is 15.8. The molecule has 1 aromatic heterocycles. The van der Waals surface area contributed by atoms with Crippen LogP contribution in [-0.2, 0) is 4.79 Å². The van der Waals surface area contributed by atoms with Crippen molar-refractivity contribution in [2.45, 2.75) is 0 Å². The predicted octanol–water partition coefficient (Wildman–Crippen LogP) is 3.38. The Morgan fingerprint density at radius 2 is 2.03 bits per heavy atom. The van der Waals surface area contributed by atoms with Crippen molar-refractivity contribution in [3.05, 3.63) is 66.4 Å². The number of thiazole rings is 1. The summed E-state index contributed by atoms with van der Waals surface area (Å²) < 4.78 is 12.7. The molecular weight excluding hydrogens is 432 g/mol. The van der Waals surface area contributed by atoms with E-state index in [2.05, 4.69) is 4.99 Å². The zero-order valence-electron chi connectivity index (χ0n) is 14.6. The van der Waals surface area contributed by atoms with Gasteiger partial charge in [0, 0.05) is 21.9 Å². The number of benzene rings is 2. The van der Waals surface area contributed by atoms with Crippen molar-refractivity contribution in [1.29, 1.82) is 0 Å². The van der Waals surface area contributed by atoms with Crippen molar-refractivity contribution < 1.29 is 19.4 Å². The summed E-state index contributed by atoms with van der Waals surface area (Å²) in [6, 6.07) is 10.5. The fourth-order valence-electron chi connectivity index (χ4n) is 3.13. The number of hydrogen-bond donors (Lipinski definition) is 1. The zero-order chi connectivity index (χ0) is 20.1. The second-order valence-corrected chi connectivity index (χ2v) is 8.41. The fraction of sp³-hybridized carbons (Fsp3) is 0.0500. The maximum atomic E-state index is 12.5. The number of carbonyl (C=O) groups excluding carboxylic acids is 1. The minimum absolute atomic E-state index is 0.0625. The fourth-order valence-corrected chi connectivity index (χ4v) is 4.61. The van der Waals surface area contributed by atoms with Crippen LogP contribution in [-0.4, -0.2) is 22.4 Å². The predicted molar refractivity (Wildman–Crippen MR) is 112 cm³/mol. The number of carbonyl (C=O) groups is 1. The highest BCUT2D eigenvalue weighted by Crippen LogP contribution is 2.33. The molecule has 0 saturated heterocycles. The Balaban J connectivity index is 1.62. The molecule has 9 heteroatoms. The summed E-state index contributed by atoms with van der Waals surface area (Å²) in [7, 11) is 0. The van der Waals surface area contributed by atoms with Gasteiger partial charge in [-0.1, -0.05) is 17.7 Å². The van der Waals surface area contributed by atoms with Gasteiger partial charge in [0.25, 0.3) is 5.91 Å². The molecule has 6 nitrogen and oxygen atoms in total. The molecule has 0 atom stereocenters. The zero-order valence-corrected chi connectivity index (χ0v) is 17.0. The van der Waals surface area contributed by atoms with Crippen LogP contribution in [0.4, 0.5) is 0 Å². The quantitative estimate of drug-likeness (QED) is 0.486. The molecule has 3 heterocycles. The van der Waals surface area contributed by atoms with Gasteiger partial charge in [-0.05, 0) is 48.6 Å². The molecule has 0 fully saturated rings. The van der Waals surface area contributed by atoms with Gasteiger partial charge in [0.1, 0.15) is 0 Å². The van der Waals surface area contributed by atoms with Crippen LogP contribution in [0.25, 0.3) is 17.8 Å². The van der Waals surface area contributed by atoms with Crippen molar-refractivity contribution >= 4 is 53.2 Å². The average Bonchev–Trinajstić information content (AvgIpc) is 3.24. The van der Waals surface area contributed by atoms with Crippen molar-refractivity contribution in [2.24, 2.45) is 4.99 Å². The molecule has 0 radical (unpaired) electrons. The highest BCUT2D eigenvalue weighted by atomic mass is 35.5. The Bertz CT molecular complexity index is 1400. The lowest BCUT2D eigenvalue weighted by molar-refractivity contribution is -0.114. The minimum Gasteiger partial charge on any atom is -0.493 e. The molecule has 29 heavy (non-hydrogen) atoms. The summed E-state index contributed by atoms with van der Waals surface area (Å²) in [5.41, 5.74) is 0.976. The number of fused-ring (bicyclic) bond motifs is 2. The Labute approximate surface area is 178 Å². The summed E-state index contributed by atoms with van der Waals surface area (Å²) in [6.07, 6.45) is 3.29. The summed E-state index contributed by atoms with van der Waals surface area (Å²) in [6.45, 7) is 0.142. The van der Waals surface area contributed by atoms with E-state index in [-0.39, 0.29) is 12.7 Å². The van der Waals surface area contributed by atoms with Crippen LogP contribution < -0.4 is 20.0 Å². The molecule has 5 rings (SSSR count). The van der Waals surface area contributed by atoms with Crippen LogP contribution >= 0.6 is 35.2 Å². The molecule has 0 spiro atoms. The first-order valence-electron chi connectivity index (χ1n) is 8.46. The van der Waals surface area contributed by atoms with Crippen LogP contribution in [0.3, 0.4) is 0 Å². The van der Waals surface area contributed by atoms with E-state index in [0.717, 1.165) is 5.22 Å². The lowest BCUT2D eigenvalue weighted by Crippen LogP contribution is -2.30. The summed E-state index contributed by atoms with van der Waals surface area (Å²) in [5, 5.41) is 12.5. The molecule has 1 N–H and O–H groups in total. The smallest absolute Gasteiger partial charge is 0.277 e. The van der Waals surface area contributed by atoms with Gasteiger partial charge in [-0.25, -0.2) is 4.99 Å². The third-order valence-corrected chi connectivity index (χ3v) is 6.01. The molecule has 144 valence electrons. The molecule has 2 aliphatic heterocycles. The molecule has 3 aromatic rings. The Hall–Kier alpha value is -2.94. The first-order valence-corrected chi connectivity index (χ1v) is 10.1. The van der Waals surface area contributed by atoms with E-state index >= 15 is 0 Å². The molecule has 0 aliphatic carbocycles. The maximum Gasteiger partial charge on any atom is 0.277 e. The molecule has 2 aliphatic rings. The summed E-state index contributed by atoms with van der Waals surface area (Å²) in [4.78, 5) is 17.1. The first kappa shape index (κ1) is 18.1. The van der Waals surface area contributed by atoms with Crippen LogP contribution in [0.1, 0.15) is 4.88 Å². The second kappa shape index (κ2) is 6.84. The van der Waals surface area contributed by atoms with Crippen molar-refractivity contribution in [2.75, 3.05) is 6.79 Å². The average molecular weight is 443 g/mol. The Kier molecular flexibility index (Phi) is 4.27. The SMILES string of the molecule is O=C1N=c2cc3c(cc2=C/C1=C/c1sc(=S)n(-c2cccc(Cl)c2)c1O)OCO3. The maximum absolute atomic E-state index is 12.5. The number of halogens is 1. The number of hydrogen-bond acceptors (Lipinski definition) is 6. The molecule has 0 bridgehead atoms. The lowest BCUT2D eigenvalue weighted by Gasteiger charge is -2.06. The molecule has 0 saturated carbocycles. The minimum atomic E-state index is -0.413. The first-order chi connectivity index (χ1) is 14.0. The summed E-state index contributed by atoms with van der Waals surface area (Å²) in [5.74, 6) is 0.696. The standard InChI is InChI=1S/C20H11ClN2O4S2/c21-12-2-1-3-13(7-12)23-19(25)17(29-20(23)28)6-11-4-10-5-15-16(27-9-26-15)8-14(10)22-18(11)24/h1-8,25H,9H2/b11-6-. The third kappa shape index (κ3) is 3.15. The van der Waals surface area contributed by atoms with E-state index in [0.29, 0.717) is 42.0 Å². The van der Waals surface area contributed by atoms with E-state index in [1.54, 1.807) is 48.6 Å². The van der Waals surface area contributed by atoms with E-state index < -0.39 is 5.91 Å². The highest BCUT2D eigenvalue weighted by Gasteiger charge is 2.19.